The molecule has 1 fully saturated rings. The highest BCUT2D eigenvalue weighted by atomic mass is 16.5. The fourth-order valence-electron chi connectivity index (χ4n) is 3.75. The molecule has 0 unspecified atom stereocenters. The highest BCUT2D eigenvalue weighted by molar-refractivity contribution is 5.92. The van der Waals surface area contributed by atoms with Crippen molar-refractivity contribution in [2.45, 2.75) is 39.8 Å². The van der Waals surface area contributed by atoms with Crippen LogP contribution >= 0.6 is 0 Å². The Morgan fingerprint density at radius 3 is 2.62 bits per heavy atom. The molecule has 3 heterocycles. The third-order valence-corrected chi connectivity index (χ3v) is 5.68. The molecule has 0 saturated carbocycles. The highest BCUT2D eigenvalue weighted by Crippen LogP contribution is 2.20. The van der Waals surface area contributed by atoms with Gasteiger partial charge in [-0.1, -0.05) is 42.8 Å². The maximum atomic E-state index is 12.9. The lowest BCUT2D eigenvalue weighted by Gasteiger charge is -2.33. The van der Waals surface area contributed by atoms with Crippen molar-refractivity contribution < 1.29 is 9.32 Å². The Kier molecular flexibility index (Phi) is 6.75. The molecule has 1 aromatic carbocycles. The average Bonchev–Trinajstić information content (AvgIpc) is 3.27. The molecule has 0 aliphatic carbocycles. The van der Waals surface area contributed by atoms with E-state index in [-0.39, 0.29) is 11.5 Å². The zero-order valence-electron chi connectivity index (χ0n) is 18.5. The number of carbonyl (C=O) groups excluding carboxylic acids is 1. The molecule has 9 heteroatoms. The van der Waals surface area contributed by atoms with E-state index in [1.807, 2.05) is 31.2 Å². The number of unbranched alkanes of at least 4 members (excludes halogenated alkanes) is 1. The van der Waals surface area contributed by atoms with Crippen LogP contribution in [0.25, 0.3) is 11.4 Å². The molecule has 9 nitrogen and oxygen atoms in total. The Morgan fingerprint density at radius 1 is 1.09 bits per heavy atom. The Labute approximate surface area is 186 Å². The van der Waals surface area contributed by atoms with Gasteiger partial charge in [0.15, 0.2) is 0 Å². The van der Waals surface area contributed by atoms with Crippen molar-refractivity contribution in [3.05, 3.63) is 63.9 Å². The molecule has 168 valence electrons. The monoisotopic (exact) mass is 436 g/mol. The fourth-order valence-corrected chi connectivity index (χ4v) is 3.75. The number of carbonyl (C=O) groups is 1. The lowest BCUT2D eigenvalue weighted by Crippen LogP contribution is -2.48. The standard InChI is InChI=1S/C23H28N6O3/c1-3-4-11-29-21(30)10-9-19(25-29)23(31)28-14-12-27(13-15-28)16-20-24-22(26-32-20)18-8-6-5-7-17(18)2/h5-10H,3-4,11-16H2,1-2H3. The van der Waals surface area contributed by atoms with Crippen LogP contribution in [0.3, 0.4) is 0 Å². The first-order chi connectivity index (χ1) is 15.5. The average molecular weight is 437 g/mol. The van der Waals surface area contributed by atoms with E-state index in [0.717, 1.165) is 24.0 Å². The Morgan fingerprint density at radius 2 is 1.88 bits per heavy atom. The SMILES string of the molecule is CCCCn1nc(C(=O)N2CCN(Cc3nc(-c4ccccc4C)no3)CC2)ccc1=O. The topological polar surface area (TPSA) is 97.4 Å². The van der Waals surface area contributed by atoms with Crippen LogP contribution in [-0.4, -0.2) is 61.8 Å². The minimum absolute atomic E-state index is 0.144. The number of benzene rings is 1. The summed E-state index contributed by atoms with van der Waals surface area (Å²) in [5.74, 6) is 1.01. The van der Waals surface area contributed by atoms with Gasteiger partial charge in [0, 0.05) is 44.4 Å². The molecule has 0 spiro atoms. The summed E-state index contributed by atoms with van der Waals surface area (Å²) < 4.78 is 6.83. The largest absolute Gasteiger partial charge is 0.338 e. The minimum Gasteiger partial charge on any atom is -0.338 e. The highest BCUT2D eigenvalue weighted by Gasteiger charge is 2.25. The number of nitrogens with zero attached hydrogens (tertiary/aromatic N) is 6. The Hall–Kier alpha value is -3.33. The molecule has 32 heavy (non-hydrogen) atoms. The second kappa shape index (κ2) is 9.86. The normalized spacial score (nSPS) is 14.6. The third kappa shape index (κ3) is 4.94. The van der Waals surface area contributed by atoms with Gasteiger partial charge in [-0.2, -0.15) is 10.1 Å². The molecule has 1 aliphatic heterocycles. The van der Waals surface area contributed by atoms with E-state index in [4.69, 9.17) is 4.52 Å². The Balaban J connectivity index is 1.34. The summed E-state index contributed by atoms with van der Waals surface area (Å²) in [6, 6.07) is 10.9. The number of piperazine rings is 1. The number of rotatable bonds is 7. The number of hydrogen-bond acceptors (Lipinski definition) is 7. The summed E-state index contributed by atoms with van der Waals surface area (Å²) in [5, 5.41) is 8.40. The van der Waals surface area contributed by atoms with E-state index < -0.39 is 0 Å². The van der Waals surface area contributed by atoms with Crippen LogP contribution in [0.5, 0.6) is 0 Å². The van der Waals surface area contributed by atoms with Gasteiger partial charge < -0.3 is 9.42 Å². The minimum atomic E-state index is -0.176. The summed E-state index contributed by atoms with van der Waals surface area (Å²) in [7, 11) is 0. The molecule has 2 aromatic heterocycles. The predicted molar refractivity (Wildman–Crippen MR) is 119 cm³/mol. The van der Waals surface area contributed by atoms with E-state index in [1.54, 1.807) is 4.90 Å². The van der Waals surface area contributed by atoms with Crippen LogP contribution in [0.1, 0.15) is 41.7 Å². The summed E-state index contributed by atoms with van der Waals surface area (Å²) in [6.07, 6.45) is 1.81. The number of amides is 1. The maximum Gasteiger partial charge on any atom is 0.274 e. The van der Waals surface area contributed by atoms with Crippen LogP contribution in [0.4, 0.5) is 0 Å². The quantitative estimate of drug-likeness (QED) is 0.561. The lowest BCUT2D eigenvalue weighted by atomic mass is 10.1. The van der Waals surface area contributed by atoms with Crippen molar-refractivity contribution in [2.24, 2.45) is 0 Å². The van der Waals surface area contributed by atoms with Gasteiger partial charge in [0.05, 0.1) is 6.54 Å². The molecule has 0 atom stereocenters. The molecule has 3 aromatic rings. The smallest absolute Gasteiger partial charge is 0.274 e. The second-order valence-corrected chi connectivity index (χ2v) is 8.03. The first kappa shape index (κ1) is 21.9. The van der Waals surface area contributed by atoms with Gasteiger partial charge in [-0.25, -0.2) is 4.68 Å². The van der Waals surface area contributed by atoms with Gasteiger partial charge in [-0.05, 0) is 25.0 Å². The molecule has 0 radical (unpaired) electrons. The molecular weight excluding hydrogens is 408 g/mol. The van der Waals surface area contributed by atoms with Crippen molar-refractivity contribution in [3.8, 4) is 11.4 Å². The van der Waals surface area contributed by atoms with Gasteiger partial charge >= 0.3 is 0 Å². The van der Waals surface area contributed by atoms with Crippen LogP contribution in [-0.2, 0) is 13.1 Å². The maximum absolute atomic E-state index is 12.9. The molecule has 1 amide bonds. The van der Waals surface area contributed by atoms with Gasteiger partial charge in [-0.15, -0.1) is 0 Å². The molecule has 0 N–H and O–H groups in total. The van der Waals surface area contributed by atoms with Crippen molar-refractivity contribution >= 4 is 5.91 Å². The van der Waals surface area contributed by atoms with Crippen molar-refractivity contribution in [3.63, 3.8) is 0 Å². The third-order valence-electron chi connectivity index (χ3n) is 5.68. The summed E-state index contributed by atoms with van der Waals surface area (Å²) in [4.78, 5) is 33.3. The zero-order chi connectivity index (χ0) is 22.5. The molecule has 1 saturated heterocycles. The second-order valence-electron chi connectivity index (χ2n) is 8.03. The van der Waals surface area contributed by atoms with E-state index in [0.29, 0.717) is 56.7 Å². The molecule has 1 aliphatic rings. The van der Waals surface area contributed by atoms with Gasteiger partial charge in [0.25, 0.3) is 11.5 Å². The number of aromatic nitrogens is 4. The molecular formula is C23H28N6O3. The zero-order valence-corrected chi connectivity index (χ0v) is 18.5. The van der Waals surface area contributed by atoms with Crippen molar-refractivity contribution in [2.75, 3.05) is 26.2 Å². The summed E-state index contributed by atoms with van der Waals surface area (Å²) in [5.41, 5.74) is 2.20. The first-order valence-electron chi connectivity index (χ1n) is 11.0. The summed E-state index contributed by atoms with van der Waals surface area (Å²) in [6.45, 7) is 7.69. The van der Waals surface area contributed by atoms with E-state index in [2.05, 4.69) is 27.1 Å². The number of hydrogen-bond donors (Lipinski definition) is 0. The molecule has 4 rings (SSSR count). The number of aryl methyl sites for hydroxylation is 2. The van der Waals surface area contributed by atoms with Crippen molar-refractivity contribution in [1.82, 2.24) is 29.7 Å². The van der Waals surface area contributed by atoms with Gasteiger partial charge in [0.2, 0.25) is 11.7 Å². The van der Waals surface area contributed by atoms with Gasteiger partial charge in [-0.3, -0.25) is 14.5 Å². The Bertz CT molecular complexity index is 1130. The van der Waals surface area contributed by atoms with E-state index in [1.165, 1.54) is 16.8 Å². The summed E-state index contributed by atoms with van der Waals surface area (Å²) >= 11 is 0. The predicted octanol–water partition coefficient (Wildman–Crippen LogP) is 2.36. The van der Waals surface area contributed by atoms with Crippen LogP contribution in [0, 0.1) is 6.92 Å². The van der Waals surface area contributed by atoms with E-state index >= 15 is 0 Å². The van der Waals surface area contributed by atoms with Gasteiger partial charge in [0.1, 0.15) is 5.69 Å². The fraction of sp³-hybridized carbons (Fsp3) is 0.435. The van der Waals surface area contributed by atoms with Crippen LogP contribution in [0.2, 0.25) is 0 Å². The lowest BCUT2D eigenvalue weighted by molar-refractivity contribution is 0.0606. The molecule has 0 bridgehead atoms. The van der Waals surface area contributed by atoms with Crippen LogP contribution in [0.15, 0.2) is 45.7 Å². The van der Waals surface area contributed by atoms with E-state index in [9.17, 15) is 9.59 Å². The van der Waals surface area contributed by atoms with Crippen LogP contribution < -0.4 is 5.56 Å². The van der Waals surface area contributed by atoms with Crippen molar-refractivity contribution in [1.29, 1.82) is 0 Å². The first-order valence-corrected chi connectivity index (χ1v) is 11.0.